The molecule has 3 aromatic carbocycles. The molecule has 1 aliphatic heterocycles. The van der Waals surface area contributed by atoms with Gasteiger partial charge in [-0.25, -0.2) is 12.8 Å². The number of nitrogens with one attached hydrogen (secondary N) is 1. The van der Waals surface area contributed by atoms with Crippen molar-refractivity contribution in [2.75, 3.05) is 32.9 Å². The number of ether oxygens (including phenoxy) is 2. The van der Waals surface area contributed by atoms with Gasteiger partial charge in [-0.1, -0.05) is 42.5 Å². The van der Waals surface area contributed by atoms with E-state index in [1.54, 1.807) is 60.9 Å². The molecule has 0 radical (unpaired) electrons. The molecule has 1 N–H and O–H groups in total. The van der Waals surface area contributed by atoms with Crippen molar-refractivity contribution >= 4 is 21.8 Å². The van der Waals surface area contributed by atoms with Gasteiger partial charge in [0.1, 0.15) is 17.6 Å². The summed E-state index contributed by atoms with van der Waals surface area (Å²) < 4.78 is 52.1. The molecule has 12 heteroatoms. The summed E-state index contributed by atoms with van der Waals surface area (Å²) in [5.41, 5.74) is 2.03. The van der Waals surface area contributed by atoms with E-state index in [4.69, 9.17) is 9.47 Å². The number of hydrogen-bond acceptors (Lipinski definition) is 7. The molecule has 234 valence electrons. The number of amides is 2. The highest BCUT2D eigenvalue weighted by molar-refractivity contribution is 7.89. The Morgan fingerprint density at radius 1 is 0.911 bits per heavy atom. The van der Waals surface area contributed by atoms with Crippen LogP contribution in [0.1, 0.15) is 22.7 Å². The molecule has 2 heterocycles. The molecule has 1 unspecified atom stereocenters. The number of hydrogen-bond donors (Lipinski definition) is 1. The lowest BCUT2D eigenvalue weighted by molar-refractivity contribution is -0.143. The van der Waals surface area contributed by atoms with Crippen LogP contribution in [-0.4, -0.2) is 67.3 Å². The number of rotatable bonds is 12. The number of sulfonamides is 1. The second-order valence-electron chi connectivity index (χ2n) is 10.3. The van der Waals surface area contributed by atoms with Crippen molar-refractivity contribution < 1.29 is 31.9 Å². The lowest BCUT2D eigenvalue weighted by Gasteiger charge is -2.31. The molecular weight excluding hydrogens is 599 g/mol. The van der Waals surface area contributed by atoms with Crippen LogP contribution in [0.4, 0.5) is 4.39 Å². The summed E-state index contributed by atoms with van der Waals surface area (Å²) >= 11 is 0. The summed E-state index contributed by atoms with van der Waals surface area (Å²) in [4.78, 5) is 33.1. The smallest absolute Gasteiger partial charge is 0.261 e. The zero-order valence-electron chi connectivity index (χ0n) is 24.4. The Labute approximate surface area is 261 Å². The summed E-state index contributed by atoms with van der Waals surface area (Å²) in [5, 5.41) is 2.92. The van der Waals surface area contributed by atoms with E-state index in [0.717, 1.165) is 5.56 Å². The van der Waals surface area contributed by atoms with Crippen LogP contribution in [0.5, 0.6) is 5.75 Å². The van der Waals surface area contributed by atoms with Gasteiger partial charge in [0.15, 0.2) is 6.61 Å². The first-order chi connectivity index (χ1) is 21.8. The predicted octanol–water partition coefficient (Wildman–Crippen LogP) is 3.71. The van der Waals surface area contributed by atoms with Crippen LogP contribution >= 0.6 is 0 Å². The average molecular weight is 633 g/mol. The summed E-state index contributed by atoms with van der Waals surface area (Å²) in [7, 11) is -3.69. The van der Waals surface area contributed by atoms with Crippen LogP contribution in [0.3, 0.4) is 0 Å². The first-order valence-corrected chi connectivity index (χ1v) is 15.8. The van der Waals surface area contributed by atoms with Gasteiger partial charge in [0.05, 0.1) is 18.1 Å². The number of morpholine rings is 1. The largest absolute Gasteiger partial charge is 0.484 e. The number of aromatic nitrogens is 1. The normalized spacial score (nSPS) is 14.3. The fraction of sp³-hybridized carbons (Fsp3) is 0.242. The molecule has 10 nitrogen and oxygen atoms in total. The highest BCUT2D eigenvalue weighted by Gasteiger charge is 2.32. The Kier molecular flexibility index (Phi) is 10.5. The quantitative estimate of drug-likeness (QED) is 0.253. The second-order valence-corrected chi connectivity index (χ2v) is 12.2. The summed E-state index contributed by atoms with van der Waals surface area (Å²) in [6.45, 7) is 1.01. The van der Waals surface area contributed by atoms with E-state index in [-0.39, 0.29) is 36.8 Å². The SMILES string of the molecule is O=C(NCc1ccncc1)C(c1ccccc1)N(Cc1ccc(F)cc1)C(=O)COc1ccc(S(=O)(=O)N2CCOCC2)cc1. The zero-order chi connectivity index (χ0) is 31.6. The number of carbonyl (C=O) groups is 2. The first-order valence-electron chi connectivity index (χ1n) is 14.4. The maximum absolute atomic E-state index is 13.8. The van der Waals surface area contributed by atoms with Gasteiger partial charge in [0.25, 0.3) is 5.91 Å². The zero-order valence-corrected chi connectivity index (χ0v) is 25.2. The van der Waals surface area contributed by atoms with Gasteiger partial charge >= 0.3 is 0 Å². The van der Waals surface area contributed by atoms with E-state index >= 15 is 0 Å². The first kappa shape index (κ1) is 31.8. The molecule has 1 saturated heterocycles. The van der Waals surface area contributed by atoms with E-state index < -0.39 is 40.3 Å². The van der Waals surface area contributed by atoms with Gasteiger partial charge in [-0.2, -0.15) is 4.31 Å². The van der Waals surface area contributed by atoms with E-state index in [0.29, 0.717) is 24.3 Å². The third kappa shape index (κ3) is 8.29. The minimum atomic E-state index is -3.69. The third-order valence-corrected chi connectivity index (χ3v) is 9.18. The molecule has 4 aromatic rings. The summed E-state index contributed by atoms with van der Waals surface area (Å²) in [5.74, 6) is -1.05. The number of halogens is 1. The van der Waals surface area contributed by atoms with Gasteiger partial charge in [0.2, 0.25) is 15.9 Å². The molecule has 1 aliphatic rings. The average Bonchev–Trinajstić information content (AvgIpc) is 3.08. The van der Waals surface area contributed by atoms with Gasteiger partial charge in [-0.05, 0) is 65.2 Å². The van der Waals surface area contributed by atoms with Gasteiger partial charge in [-0.15, -0.1) is 0 Å². The molecule has 1 aromatic heterocycles. The molecule has 45 heavy (non-hydrogen) atoms. The van der Waals surface area contributed by atoms with Gasteiger partial charge < -0.3 is 19.7 Å². The van der Waals surface area contributed by atoms with E-state index in [2.05, 4.69) is 10.3 Å². The lowest BCUT2D eigenvalue weighted by Crippen LogP contribution is -2.45. The standard InChI is InChI=1S/C33H33FN4O6S/c34-28-8-6-26(7-9-28)23-38(32(27-4-2-1-3-5-27)33(40)36-22-25-14-16-35-17-15-25)31(39)24-44-29-10-12-30(13-11-29)45(41,42)37-18-20-43-21-19-37/h1-17,32H,18-24H2,(H,36,40). The van der Waals surface area contributed by atoms with Crippen LogP contribution in [0, 0.1) is 5.82 Å². The highest BCUT2D eigenvalue weighted by Crippen LogP contribution is 2.25. The summed E-state index contributed by atoms with van der Waals surface area (Å²) in [6, 6.07) is 23.0. The molecule has 5 rings (SSSR count). The van der Waals surface area contributed by atoms with Crippen molar-refractivity contribution in [3.63, 3.8) is 0 Å². The van der Waals surface area contributed by atoms with E-state index in [1.165, 1.54) is 45.6 Å². The van der Waals surface area contributed by atoms with Crippen molar-refractivity contribution in [1.29, 1.82) is 0 Å². The summed E-state index contributed by atoms with van der Waals surface area (Å²) in [6.07, 6.45) is 3.25. The Bertz CT molecular complexity index is 1670. The van der Waals surface area contributed by atoms with Crippen molar-refractivity contribution in [2.45, 2.75) is 24.0 Å². The van der Waals surface area contributed by atoms with E-state index in [1.807, 2.05) is 6.07 Å². The second kappa shape index (κ2) is 14.9. The Morgan fingerprint density at radius 3 is 2.24 bits per heavy atom. The van der Waals surface area contributed by atoms with Crippen molar-refractivity contribution in [3.05, 3.63) is 126 Å². The molecule has 0 spiro atoms. The molecular formula is C33H33FN4O6S. The number of benzene rings is 3. The molecule has 2 amide bonds. The predicted molar refractivity (Wildman–Crippen MR) is 164 cm³/mol. The maximum Gasteiger partial charge on any atom is 0.261 e. The van der Waals surface area contributed by atoms with E-state index in [9.17, 15) is 22.4 Å². The topological polar surface area (TPSA) is 118 Å². The van der Waals surface area contributed by atoms with Gasteiger partial charge in [0, 0.05) is 38.6 Å². The lowest BCUT2D eigenvalue weighted by atomic mass is 10.0. The fourth-order valence-electron chi connectivity index (χ4n) is 4.88. The van der Waals surface area contributed by atoms with Gasteiger partial charge in [-0.3, -0.25) is 14.6 Å². The van der Waals surface area contributed by atoms with Crippen molar-refractivity contribution in [3.8, 4) is 5.75 Å². The number of pyridine rings is 1. The molecule has 0 saturated carbocycles. The van der Waals surface area contributed by atoms with Crippen LogP contribution in [-0.2, 0) is 37.4 Å². The Balaban J connectivity index is 1.36. The minimum Gasteiger partial charge on any atom is -0.484 e. The van der Waals surface area contributed by atoms with Crippen LogP contribution in [0.2, 0.25) is 0 Å². The van der Waals surface area contributed by atoms with Crippen molar-refractivity contribution in [1.82, 2.24) is 19.5 Å². The molecule has 0 aliphatic carbocycles. The molecule has 0 bridgehead atoms. The maximum atomic E-state index is 13.8. The molecule has 1 fully saturated rings. The third-order valence-electron chi connectivity index (χ3n) is 7.27. The minimum absolute atomic E-state index is 0.00143. The fourth-order valence-corrected chi connectivity index (χ4v) is 6.28. The van der Waals surface area contributed by atoms with Crippen LogP contribution < -0.4 is 10.1 Å². The highest BCUT2D eigenvalue weighted by atomic mass is 32.2. The van der Waals surface area contributed by atoms with Crippen LogP contribution in [0.15, 0.2) is 108 Å². The number of carbonyl (C=O) groups excluding carboxylic acids is 2. The van der Waals surface area contributed by atoms with Crippen LogP contribution in [0.25, 0.3) is 0 Å². The Hall–Kier alpha value is -4.65. The van der Waals surface area contributed by atoms with Crippen molar-refractivity contribution in [2.24, 2.45) is 0 Å². The Morgan fingerprint density at radius 2 is 1.58 bits per heavy atom. The number of nitrogens with zero attached hydrogens (tertiary/aromatic N) is 3. The molecule has 1 atom stereocenters. The monoisotopic (exact) mass is 632 g/mol.